The summed E-state index contributed by atoms with van der Waals surface area (Å²) in [4.78, 5) is 27.3. The van der Waals surface area contributed by atoms with Crippen LogP contribution in [0, 0.1) is 0 Å². The molecule has 2 aromatic heterocycles. The number of carbonyl (C=O) groups is 2. The van der Waals surface area contributed by atoms with Crippen molar-refractivity contribution in [1.82, 2.24) is 4.90 Å². The van der Waals surface area contributed by atoms with E-state index >= 15 is 0 Å². The Morgan fingerprint density at radius 1 is 1.00 bits per heavy atom. The predicted molar refractivity (Wildman–Crippen MR) is 123 cm³/mol. The van der Waals surface area contributed by atoms with Crippen LogP contribution in [0.15, 0.2) is 63.8 Å². The Hall–Kier alpha value is -4.20. The molecule has 0 spiro atoms. The first kappa shape index (κ1) is 21.6. The number of ketones is 1. The van der Waals surface area contributed by atoms with Gasteiger partial charge in [-0.1, -0.05) is 0 Å². The van der Waals surface area contributed by atoms with Gasteiger partial charge in [-0.05, 0) is 60.0 Å². The summed E-state index contributed by atoms with van der Waals surface area (Å²) in [5, 5.41) is 0.597. The van der Waals surface area contributed by atoms with Crippen LogP contribution in [0.2, 0.25) is 0 Å². The van der Waals surface area contributed by atoms with Crippen molar-refractivity contribution in [1.29, 1.82) is 0 Å². The summed E-state index contributed by atoms with van der Waals surface area (Å²) in [6.45, 7) is 0.946. The van der Waals surface area contributed by atoms with E-state index in [4.69, 9.17) is 23.0 Å². The molecule has 1 amide bonds. The van der Waals surface area contributed by atoms with Gasteiger partial charge in [-0.3, -0.25) is 9.59 Å². The zero-order chi connectivity index (χ0) is 23.7. The van der Waals surface area contributed by atoms with E-state index in [0.29, 0.717) is 46.9 Å². The number of hydrogen-bond donors (Lipinski definition) is 0. The Morgan fingerprint density at radius 3 is 2.53 bits per heavy atom. The lowest BCUT2D eigenvalue weighted by Crippen LogP contribution is -2.38. The minimum Gasteiger partial charge on any atom is -0.493 e. The number of fused-ring (bicyclic) bond motifs is 2. The fraction of sp³-hybridized carbons (Fsp3) is 0.231. The molecule has 0 fully saturated rings. The molecule has 0 unspecified atom stereocenters. The zero-order valence-corrected chi connectivity index (χ0v) is 18.8. The van der Waals surface area contributed by atoms with Gasteiger partial charge in [0.15, 0.2) is 23.9 Å². The van der Waals surface area contributed by atoms with Gasteiger partial charge in [-0.25, -0.2) is 0 Å². The maximum absolute atomic E-state index is 12.9. The third-order valence-corrected chi connectivity index (χ3v) is 5.97. The largest absolute Gasteiger partial charge is 0.493 e. The Morgan fingerprint density at radius 2 is 1.79 bits per heavy atom. The summed E-state index contributed by atoms with van der Waals surface area (Å²) in [6, 6.07) is 12.3. The molecule has 5 rings (SSSR count). The highest BCUT2D eigenvalue weighted by atomic mass is 16.5. The van der Waals surface area contributed by atoms with Gasteiger partial charge in [0.2, 0.25) is 5.78 Å². The van der Waals surface area contributed by atoms with E-state index in [0.717, 1.165) is 17.5 Å². The Balaban J connectivity index is 1.28. The topological polar surface area (TPSA) is 91.4 Å². The summed E-state index contributed by atoms with van der Waals surface area (Å²) >= 11 is 0. The maximum atomic E-state index is 12.9. The number of benzene rings is 2. The van der Waals surface area contributed by atoms with Crippen molar-refractivity contribution in [2.75, 3.05) is 27.4 Å². The number of methoxy groups -OCH3 is 2. The highest BCUT2D eigenvalue weighted by molar-refractivity contribution is 6.14. The third kappa shape index (κ3) is 3.98. The van der Waals surface area contributed by atoms with Crippen LogP contribution in [0.1, 0.15) is 27.2 Å². The molecular formula is C26H23NO7. The van der Waals surface area contributed by atoms with Gasteiger partial charge in [0.05, 0.1) is 26.0 Å². The third-order valence-electron chi connectivity index (χ3n) is 5.97. The van der Waals surface area contributed by atoms with E-state index in [9.17, 15) is 9.59 Å². The van der Waals surface area contributed by atoms with Crippen LogP contribution in [-0.2, 0) is 17.8 Å². The van der Waals surface area contributed by atoms with Crippen molar-refractivity contribution in [3.8, 4) is 17.2 Å². The first-order valence-corrected chi connectivity index (χ1v) is 10.8. The normalized spacial score (nSPS) is 12.9. The number of ether oxygens (including phenoxy) is 3. The minimum absolute atomic E-state index is 0.118. The first-order chi connectivity index (χ1) is 16.6. The first-order valence-electron chi connectivity index (χ1n) is 10.8. The molecular weight excluding hydrogens is 438 g/mol. The quantitative estimate of drug-likeness (QED) is 0.380. The molecule has 0 aliphatic carbocycles. The van der Waals surface area contributed by atoms with Crippen LogP contribution >= 0.6 is 0 Å². The van der Waals surface area contributed by atoms with Crippen LogP contribution in [0.4, 0.5) is 0 Å². The molecule has 0 bridgehead atoms. The van der Waals surface area contributed by atoms with E-state index in [1.807, 2.05) is 12.1 Å². The second-order valence-electron chi connectivity index (χ2n) is 7.94. The number of rotatable bonds is 7. The number of amides is 1. The standard InChI is InChI=1S/C26H23NO7/c1-30-23-10-16-7-8-27(13-17(16)11-24(23)31-2)25(28)15-33-18-5-6-21-19(12-18)20(14-34-21)26(29)22-4-3-9-32-22/h3-6,9-12,14H,7-8,13,15H2,1-2H3. The molecule has 0 saturated heterocycles. The van der Waals surface area contributed by atoms with Gasteiger partial charge in [0.1, 0.15) is 17.6 Å². The number of carbonyl (C=O) groups excluding carboxylic acids is 2. The van der Waals surface area contributed by atoms with Gasteiger partial charge in [0.25, 0.3) is 5.91 Å². The Bertz CT molecular complexity index is 1350. The molecule has 0 radical (unpaired) electrons. The molecule has 2 aromatic carbocycles. The van der Waals surface area contributed by atoms with Crippen LogP contribution in [0.3, 0.4) is 0 Å². The summed E-state index contributed by atoms with van der Waals surface area (Å²) in [7, 11) is 3.20. The number of hydrogen-bond acceptors (Lipinski definition) is 7. The molecule has 8 heteroatoms. The zero-order valence-electron chi connectivity index (χ0n) is 18.8. The number of nitrogens with zero attached hydrogens (tertiary/aromatic N) is 1. The van der Waals surface area contributed by atoms with Crippen molar-refractivity contribution in [2.24, 2.45) is 0 Å². The van der Waals surface area contributed by atoms with E-state index < -0.39 is 0 Å². The smallest absolute Gasteiger partial charge is 0.260 e. The van der Waals surface area contributed by atoms with E-state index in [-0.39, 0.29) is 24.1 Å². The second-order valence-corrected chi connectivity index (χ2v) is 7.94. The van der Waals surface area contributed by atoms with Gasteiger partial charge >= 0.3 is 0 Å². The van der Waals surface area contributed by atoms with Gasteiger partial charge < -0.3 is 27.9 Å². The molecule has 1 aliphatic rings. The second kappa shape index (κ2) is 8.97. The fourth-order valence-corrected chi connectivity index (χ4v) is 4.15. The molecule has 0 N–H and O–H groups in total. The SMILES string of the molecule is COc1cc2c(cc1OC)CN(C(=O)COc1ccc3occ(C(=O)c4ccco4)c3c1)CC2. The van der Waals surface area contributed by atoms with Gasteiger partial charge in [-0.15, -0.1) is 0 Å². The molecule has 8 nitrogen and oxygen atoms in total. The van der Waals surface area contributed by atoms with Crippen LogP contribution in [-0.4, -0.2) is 44.0 Å². The Kier molecular flexibility index (Phi) is 5.71. The van der Waals surface area contributed by atoms with Crippen molar-refractivity contribution in [3.63, 3.8) is 0 Å². The number of furan rings is 2. The highest BCUT2D eigenvalue weighted by Crippen LogP contribution is 2.33. The van der Waals surface area contributed by atoms with Crippen molar-refractivity contribution in [2.45, 2.75) is 13.0 Å². The lowest BCUT2D eigenvalue weighted by Gasteiger charge is -2.29. The van der Waals surface area contributed by atoms with Crippen LogP contribution < -0.4 is 14.2 Å². The van der Waals surface area contributed by atoms with Crippen molar-refractivity contribution >= 4 is 22.7 Å². The van der Waals surface area contributed by atoms with Crippen LogP contribution in [0.5, 0.6) is 17.2 Å². The summed E-state index contributed by atoms with van der Waals surface area (Å²) in [5.74, 6) is 1.61. The van der Waals surface area contributed by atoms with Crippen molar-refractivity contribution < 1.29 is 32.6 Å². The summed E-state index contributed by atoms with van der Waals surface area (Å²) < 4.78 is 27.3. The molecule has 34 heavy (non-hydrogen) atoms. The molecule has 3 heterocycles. The minimum atomic E-state index is -0.281. The van der Waals surface area contributed by atoms with E-state index in [1.165, 1.54) is 12.5 Å². The summed E-state index contributed by atoms with van der Waals surface area (Å²) in [5.41, 5.74) is 3.09. The van der Waals surface area contributed by atoms with Crippen LogP contribution in [0.25, 0.3) is 11.0 Å². The maximum Gasteiger partial charge on any atom is 0.260 e. The predicted octanol–water partition coefficient (Wildman–Crippen LogP) is 4.24. The highest BCUT2D eigenvalue weighted by Gasteiger charge is 2.24. The van der Waals surface area contributed by atoms with E-state index in [2.05, 4.69) is 0 Å². The fourth-order valence-electron chi connectivity index (χ4n) is 4.15. The molecule has 4 aromatic rings. The average Bonchev–Trinajstić information content (AvgIpc) is 3.56. The van der Waals surface area contributed by atoms with Gasteiger partial charge in [0, 0.05) is 18.5 Å². The van der Waals surface area contributed by atoms with E-state index in [1.54, 1.807) is 49.5 Å². The summed E-state index contributed by atoms with van der Waals surface area (Å²) in [6.07, 6.45) is 3.57. The monoisotopic (exact) mass is 461 g/mol. The molecule has 0 saturated carbocycles. The lowest BCUT2D eigenvalue weighted by atomic mass is 9.99. The molecule has 174 valence electrons. The van der Waals surface area contributed by atoms with Gasteiger partial charge in [-0.2, -0.15) is 0 Å². The van der Waals surface area contributed by atoms with Crippen molar-refractivity contribution in [3.05, 3.63) is 77.4 Å². The lowest BCUT2D eigenvalue weighted by molar-refractivity contribution is -0.134. The average molecular weight is 461 g/mol. The molecule has 1 aliphatic heterocycles. The molecule has 0 atom stereocenters. The Labute approximate surface area is 195 Å².